The van der Waals surface area contributed by atoms with Gasteiger partial charge in [0.15, 0.2) is 5.78 Å². The van der Waals surface area contributed by atoms with Crippen molar-refractivity contribution in [2.45, 2.75) is 91.7 Å². The zero-order valence-corrected chi connectivity index (χ0v) is 29.9. The van der Waals surface area contributed by atoms with E-state index in [2.05, 4.69) is 43.3 Å². The Morgan fingerprint density at radius 3 is 2.37 bits per heavy atom. The van der Waals surface area contributed by atoms with Crippen LogP contribution < -0.4 is 0 Å². The third-order valence-corrected chi connectivity index (χ3v) is 9.49. The van der Waals surface area contributed by atoms with Crippen LogP contribution in [0.3, 0.4) is 0 Å². The molecule has 245 valence electrons. The normalized spacial score (nSPS) is 16.7. The topological polar surface area (TPSA) is 63.3 Å². The number of rotatable bonds is 9. The number of allylic oxidation sites excluding steroid dienone is 2. The van der Waals surface area contributed by atoms with Gasteiger partial charge in [-0.2, -0.15) is 0 Å². The van der Waals surface area contributed by atoms with Crippen molar-refractivity contribution in [1.82, 2.24) is 4.98 Å². The molecule has 1 N–H and O–H groups in total. The first kappa shape index (κ1) is 35.5. The number of fused-ring (bicyclic) bond motifs is 4. The van der Waals surface area contributed by atoms with Gasteiger partial charge in [-0.3, -0.25) is 4.79 Å². The van der Waals surface area contributed by atoms with Crippen molar-refractivity contribution in [3.63, 3.8) is 0 Å². The fourth-order valence-corrected chi connectivity index (χ4v) is 6.73. The van der Waals surface area contributed by atoms with Crippen molar-refractivity contribution < 1.29 is 38.8 Å². The van der Waals surface area contributed by atoms with Gasteiger partial charge in [-0.05, 0) is 85.0 Å². The summed E-state index contributed by atoms with van der Waals surface area (Å²) in [6, 6.07) is 22.2. The molecule has 0 spiro atoms. The molecule has 2 heterocycles. The Balaban J connectivity index is 0.000000259. The summed E-state index contributed by atoms with van der Waals surface area (Å²) < 4.78 is 20.0. The number of carbonyl (C=O) groups is 1. The molecule has 1 saturated carbocycles. The van der Waals surface area contributed by atoms with Crippen LogP contribution >= 0.6 is 0 Å². The molecule has 0 bridgehead atoms. The number of aryl methyl sites for hydroxylation is 1. The van der Waals surface area contributed by atoms with Gasteiger partial charge in [0.05, 0.1) is 11.3 Å². The number of halogens is 1. The molecule has 6 heteroatoms. The van der Waals surface area contributed by atoms with E-state index in [9.17, 15) is 14.3 Å². The van der Waals surface area contributed by atoms with Crippen LogP contribution in [-0.4, -0.2) is 22.0 Å². The van der Waals surface area contributed by atoms with Crippen molar-refractivity contribution in [2.24, 2.45) is 11.8 Å². The van der Waals surface area contributed by atoms with Crippen molar-refractivity contribution in [2.75, 3.05) is 0 Å². The summed E-state index contributed by atoms with van der Waals surface area (Å²) in [5.74, 6) is 0.861. The van der Waals surface area contributed by atoms with Crippen LogP contribution in [0.25, 0.3) is 44.0 Å². The monoisotopic (exact) mass is 799 g/mol. The maximum Gasteiger partial charge on any atom is 0.162 e. The Kier molecular flexibility index (Phi) is 12.3. The molecule has 1 radical (unpaired) electrons. The van der Waals surface area contributed by atoms with Gasteiger partial charge in [-0.25, -0.2) is 4.39 Å². The molecule has 2 aromatic heterocycles. The first-order chi connectivity index (χ1) is 21.8. The number of aromatic nitrogens is 1. The second-order valence-corrected chi connectivity index (χ2v) is 12.4. The van der Waals surface area contributed by atoms with Crippen molar-refractivity contribution >= 4 is 38.5 Å². The number of pyridine rings is 1. The minimum absolute atomic E-state index is 0. The zero-order valence-electron chi connectivity index (χ0n) is 27.5. The van der Waals surface area contributed by atoms with Gasteiger partial charge in [0.2, 0.25) is 0 Å². The second kappa shape index (κ2) is 16.0. The first-order valence-electron chi connectivity index (χ1n) is 16.6. The Morgan fingerprint density at radius 1 is 0.978 bits per heavy atom. The van der Waals surface area contributed by atoms with E-state index in [-0.39, 0.29) is 43.5 Å². The van der Waals surface area contributed by atoms with Gasteiger partial charge in [0.1, 0.15) is 11.8 Å². The van der Waals surface area contributed by atoms with E-state index in [1.54, 1.807) is 0 Å². The van der Waals surface area contributed by atoms with E-state index in [0.717, 1.165) is 81.6 Å². The van der Waals surface area contributed by atoms with E-state index in [1.807, 2.05) is 58.2 Å². The summed E-state index contributed by atoms with van der Waals surface area (Å²) in [5.41, 5.74) is 5.74. The molecule has 46 heavy (non-hydrogen) atoms. The maximum atomic E-state index is 13.7. The molecular weight excluding hydrogens is 754 g/mol. The van der Waals surface area contributed by atoms with Crippen LogP contribution in [0.2, 0.25) is 0 Å². The quantitative estimate of drug-likeness (QED) is 0.0916. The molecule has 2 unspecified atom stereocenters. The van der Waals surface area contributed by atoms with Crippen molar-refractivity contribution in [1.29, 1.82) is 0 Å². The largest absolute Gasteiger partial charge is 0.512 e. The molecule has 1 aliphatic carbocycles. The van der Waals surface area contributed by atoms with Crippen molar-refractivity contribution in [3.05, 3.63) is 89.8 Å². The molecule has 0 saturated heterocycles. The molecule has 0 aliphatic heterocycles. The van der Waals surface area contributed by atoms with Crippen LogP contribution in [0.5, 0.6) is 0 Å². The number of furan rings is 1. The molecule has 2 atom stereocenters. The van der Waals surface area contributed by atoms with Crippen LogP contribution in [0.1, 0.15) is 89.7 Å². The number of aliphatic hydroxyl groups excluding tert-OH is 1. The Labute approximate surface area is 285 Å². The minimum atomic E-state index is -0.665. The van der Waals surface area contributed by atoms with Crippen molar-refractivity contribution in [3.8, 4) is 11.3 Å². The average molecular weight is 799 g/mol. The minimum Gasteiger partial charge on any atom is -0.512 e. The average Bonchev–Trinajstić information content (AvgIpc) is 3.65. The Morgan fingerprint density at radius 2 is 1.70 bits per heavy atom. The molecule has 3 aromatic carbocycles. The van der Waals surface area contributed by atoms with Crippen LogP contribution in [0, 0.1) is 24.8 Å². The maximum absolute atomic E-state index is 13.7. The fraction of sp³-hybridized carbons (Fsp3) is 0.400. The SMILES string of the molecule is CCC(CC)C(=O)/C=C(\O)C(CC)CC.Cc1[c-]c(-c2nccc3cc(C4CCC(F)C4)ccc23)c2oc3ccccc3c2c1.[Ir]. The van der Waals surface area contributed by atoms with E-state index in [1.165, 1.54) is 11.6 Å². The number of benzene rings is 3. The predicted octanol–water partition coefficient (Wildman–Crippen LogP) is 11.4. The van der Waals surface area contributed by atoms with E-state index in [0.29, 0.717) is 18.8 Å². The molecule has 5 aromatic rings. The van der Waals surface area contributed by atoms with Gasteiger partial charge in [-0.15, -0.1) is 17.7 Å². The summed E-state index contributed by atoms with van der Waals surface area (Å²) in [7, 11) is 0. The standard InChI is InChI=1S/C27H21FNO.C13H24O2.Ir/c1-16-12-23-22-4-2-3-5-25(22)30-27(23)24(13-16)26-21-9-7-17(14-19(21)10-11-29-26)18-6-8-20(28)15-18;1-5-10(6-2)12(14)9-13(15)11(7-3)8-4;/h2-5,7,9-12,14,18,20H,6,8,15H2,1H3;9-11,14H,5-8H2,1-4H3;/q-1;;/b;12-9-;. The third-order valence-electron chi connectivity index (χ3n) is 9.49. The third kappa shape index (κ3) is 7.61. The van der Waals surface area contributed by atoms with Gasteiger partial charge >= 0.3 is 0 Å². The van der Waals surface area contributed by atoms with Gasteiger partial charge in [-0.1, -0.05) is 82.0 Å². The smallest absolute Gasteiger partial charge is 0.162 e. The van der Waals surface area contributed by atoms with Gasteiger partial charge < -0.3 is 14.5 Å². The predicted molar refractivity (Wildman–Crippen MR) is 183 cm³/mol. The number of hydrogen-bond donors (Lipinski definition) is 1. The zero-order chi connectivity index (χ0) is 32.1. The molecule has 1 fully saturated rings. The summed E-state index contributed by atoms with van der Waals surface area (Å²) in [4.78, 5) is 16.4. The summed E-state index contributed by atoms with van der Waals surface area (Å²) in [6.45, 7) is 10.1. The summed E-state index contributed by atoms with van der Waals surface area (Å²) in [5, 5.41) is 14.1. The van der Waals surface area contributed by atoms with E-state index < -0.39 is 6.17 Å². The molecule has 6 rings (SSSR count). The number of para-hydroxylation sites is 1. The molecule has 0 amide bonds. The number of alkyl halides is 1. The molecule has 4 nitrogen and oxygen atoms in total. The van der Waals surface area contributed by atoms with E-state index >= 15 is 0 Å². The molecular formula is C40H45FIrNO3-. The Bertz CT molecular complexity index is 1820. The number of ketones is 1. The fourth-order valence-electron chi connectivity index (χ4n) is 6.73. The van der Waals surface area contributed by atoms with E-state index in [4.69, 9.17) is 9.40 Å². The van der Waals surface area contributed by atoms with Crippen LogP contribution in [-0.2, 0) is 24.9 Å². The van der Waals surface area contributed by atoms with Crippen LogP contribution in [0.15, 0.2) is 77.0 Å². The number of carbonyl (C=O) groups excluding carboxylic acids is 1. The van der Waals surface area contributed by atoms with Gasteiger partial charge in [0.25, 0.3) is 0 Å². The number of hydrogen-bond acceptors (Lipinski definition) is 4. The summed E-state index contributed by atoms with van der Waals surface area (Å²) >= 11 is 0. The Hall–Kier alpha value is -3.34. The number of aliphatic hydroxyl groups is 1. The van der Waals surface area contributed by atoms with Gasteiger partial charge in [0, 0.05) is 49.6 Å². The first-order valence-corrected chi connectivity index (χ1v) is 16.6. The molecule has 1 aliphatic rings. The number of nitrogens with zero attached hydrogens (tertiary/aromatic N) is 1. The van der Waals surface area contributed by atoms with Crippen LogP contribution in [0.4, 0.5) is 4.39 Å². The second-order valence-electron chi connectivity index (χ2n) is 12.4. The summed E-state index contributed by atoms with van der Waals surface area (Å²) in [6.07, 6.45) is 8.32.